The lowest BCUT2D eigenvalue weighted by atomic mass is 10.1. The highest BCUT2D eigenvalue weighted by Crippen LogP contribution is 2.33. The number of nitrogens with two attached hydrogens (primary N) is 1. The fourth-order valence-electron chi connectivity index (χ4n) is 4.02. The molecule has 29 heavy (non-hydrogen) atoms. The van der Waals surface area contributed by atoms with Gasteiger partial charge in [-0.25, -0.2) is 9.97 Å². The number of aromatic nitrogens is 4. The maximum absolute atomic E-state index is 5.98. The van der Waals surface area contributed by atoms with Gasteiger partial charge in [-0.15, -0.1) is 0 Å². The van der Waals surface area contributed by atoms with Crippen molar-refractivity contribution in [1.29, 1.82) is 0 Å². The third-order valence-corrected chi connectivity index (χ3v) is 5.59. The Kier molecular flexibility index (Phi) is 4.27. The highest BCUT2D eigenvalue weighted by Gasteiger charge is 2.27. The number of nitrogens with one attached hydrogen (secondary N) is 3. The van der Waals surface area contributed by atoms with Gasteiger partial charge in [0.15, 0.2) is 0 Å². The second-order valence-corrected chi connectivity index (χ2v) is 7.45. The molecule has 0 fully saturated rings. The number of aromatic amines is 1. The molecule has 5 rings (SSSR count). The van der Waals surface area contributed by atoms with Crippen LogP contribution < -0.4 is 16.4 Å². The molecule has 1 aromatic carbocycles. The van der Waals surface area contributed by atoms with E-state index in [0.717, 1.165) is 46.4 Å². The van der Waals surface area contributed by atoms with Gasteiger partial charge in [0, 0.05) is 41.1 Å². The molecule has 7 nitrogen and oxygen atoms in total. The summed E-state index contributed by atoms with van der Waals surface area (Å²) in [6.45, 7) is 2.76. The quantitative estimate of drug-likeness (QED) is 0.415. The van der Waals surface area contributed by atoms with E-state index in [1.54, 1.807) is 6.20 Å². The number of nitrogen functional groups attached to an aromatic ring is 1. The number of rotatable bonds is 5. The zero-order valence-corrected chi connectivity index (χ0v) is 16.2. The highest BCUT2D eigenvalue weighted by atomic mass is 15.2. The van der Waals surface area contributed by atoms with Gasteiger partial charge in [0.05, 0.1) is 11.7 Å². The van der Waals surface area contributed by atoms with Gasteiger partial charge in [-0.05, 0) is 49.1 Å². The highest BCUT2D eigenvalue weighted by molar-refractivity contribution is 5.99. The number of aryl methyl sites for hydroxylation is 1. The second-order valence-electron chi connectivity index (χ2n) is 7.45. The van der Waals surface area contributed by atoms with Gasteiger partial charge in [-0.1, -0.05) is 18.2 Å². The molecule has 1 aliphatic carbocycles. The van der Waals surface area contributed by atoms with Gasteiger partial charge >= 0.3 is 0 Å². The number of pyridine rings is 2. The number of benzene rings is 1. The molecule has 146 valence electrons. The summed E-state index contributed by atoms with van der Waals surface area (Å²) in [7, 11) is 0. The topological polar surface area (TPSA) is 105 Å². The van der Waals surface area contributed by atoms with Crippen LogP contribution in [0.15, 0.2) is 48.8 Å². The van der Waals surface area contributed by atoms with Gasteiger partial charge in [0.25, 0.3) is 0 Å². The van der Waals surface area contributed by atoms with Gasteiger partial charge in [0.1, 0.15) is 11.6 Å². The van der Waals surface area contributed by atoms with Crippen LogP contribution in [0, 0.1) is 6.92 Å². The van der Waals surface area contributed by atoms with Crippen LogP contribution in [-0.4, -0.2) is 20.2 Å². The van der Waals surface area contributed by atoms with Crippen LogP contribution in [0.3, 0.4) is 0 Å². The Bertz CT molecular complexity index is 1160. The van der Waals surface area contributed by atoms with E-state index >= 15 is 0 Å². The molecule has 0 aliphatic heterocycles. The second kappa shape index (κ2) is 7.09. The number of nitrogens with zero attached hydrogens (tertiary/aromatic N) is 3. The number of H-pyrrole nitrogens is 1. The van der Waals surface area contributed by atoms with Crippen molar-refractivity contribution in [3.05, 3.63) is 71.3 Å². The summed E-state index contributed by atoms with van der Waals surface area (Å²) in [4.78, 5) is 8.75. The van der Waals surface area contributed by atoms with Crippen LogP contribution in [0.5, 0.6) is 0 Å². The summed E-state index contributed by atoms with van der Waals surface area (Å²) in [5, 5.41) is 16.5. The third-order valence-electron chi connectivity index (χ3n) is 5.59. The van der Waals surface area contributed by atoms with Crippen LogP contribution in [-0.2, 0) is 13.0 Å². The maximum Gasteiger partial charge on any atom is 0.131 e. The molecule has 0 bridgehead atoms. The average molecular weight is 385 g/mol. The summed E-state index contributed by atoms with van der Waals surface area (Å²) < 4.78 is 0. The van der Waals surface area contributed by atoms with E-state index in [1.807, 2.05) is 30.5 Å². The first-order valence-corrected chi connectivity index (χ1v) is 9.81. The lowest BCUT2D eigenvalue weighted by Crippen LogP contribution is -2.09. The van der Waals surface area contributed by atoms with E-state index in [9.17, 15) is 0 Å². The fourth-order valence-corrected chi connectivity index (χ4v) is 4.02. The number of fused-ring (bicyclic) bond motifs is 2. The molecule has 0 saturated heterocycles. The van der Waals surface area contributed by atoms with Gasteiger partial charge in [-0.3, -0.25) is 5.10 Å². The molecule has 1 atom stereocenters. The first-order chi connectivity index (χ1) is 14.2. The molecule has 0 amide bonds. The Balaban J connectivity index is 1.27. The Morgan fingerprint density at radius 3 is 2.93 bits per heavy atom. The van der Waals surface area contributed by atoms with E-state index in [4.69, 9.17) is 5.73 Å². The van der Waals surface area contributed by atoms with E-state index < -0.39 is 0 Å². The maximum atomic E-state index is 5.98. The van der Waals surface area contributed by atoms with Crippen molar-refractivity contribution in [3.8, 4) is 0 Å². The van der Waals surface area contributed by atoms with E-state index in [1.165, 1.54) is 11.3 Å². The standard InChI is InChI=1S/C22H23N7/c1-13-15-6-7-19(21(15)29-28-13)27-20-8-5-14(12-26-20)11-25-18-4-2-3-17-16(18)9-10-24-22(17)23/h2-5,8-10,12,19,25H,6-7,11H2,1H3,(H2,23,24)(H,26,27)(H,28,29). The minimum atomic E-state index is 0.223. The van der Waals surface area contributed by atoms with Crippen molar-refractivity contribution >= 4 is 28.1 Å². The predicted molar refractivity (Wildman–Crippen MR) is 116 cm³/mol. The molecule has 3 heterocycles. The summed E-state index contributed by atoms with van der Waals surface area (Å²) in [5.41, 5.74) is 11.8. The molecule has 3 aromatic heterocycles. The van der Waals surface area contributed by atoms with Crippen molar-refractivity contribution < 1.29 is 0 Å². The minimum Gasteiger partial charge on any atom is -0.383 e. The zero-order chi connectivity index (χ0) is 19.8. The zero-order valence-electron chi connectivity index (χ0n) is 16.2. The number of hydrogen-bond acceptors (Lipinski definition) is 6. The molecule has 7 heteroatoms. The summed E-state index contributed by atoms with van der Waals surface area (Å²) >= 11 is 0. The smallest absolute Gasteiger partial charge is 0.131 e. The molecular formula is C22H23N7. The van der Waals surface area contributed by atoms with Gasteiger partial charge < -0.3 is 16.4 Å². The lowest BCUT2D eigenvalue weighted by Gasteiger charge is -2.14. The Hall–Kier alpha value is -3.61. The third kappa shape index (κ3) is 3.24. The molecular weight excluding hydrogens is 362 g/mol. The molecule has 1 unspecified atom stereocenters. The van der Waals surface area contributed by atoms with Crippen molar-refractivity contribution in [1.82, 2.24) is 20.2 Å². The lowest BCUT2D eigenvalue weighted by molar-refractivity contribution is 0.722. The SMILES string of the molecule is Cc1[nH]nc2c1CCC2Nc1ccc(CNc2cccc3c(N)nccc23)cn1. The Morgan fingerprint density at radius 2 is 2.07 bits per heavy atom. The van der Waals surface area contributed by atoms with Crippen molar-refractivity contribution in [3.63, 3.8) is 0 Å². The number of anilines is 3. The van der Waals surface area contributed by atoms with Crippen LogP contribution in [0.1, 0.15) is 35.0 Å². The molecule has 4 aromatic rings. The Morgan fingerprint density at radius 1 is 1.14 bits per heavy atom. The average Bonchev–Trinajstić information content (AvgIpc) is 3.31. The summed E-state index contributed by atoms with van der Waals surface area (Å²) in [5.74, 6) is 1.42. The van der Waals surface area contributed by atoms with Crippen LogP contribution in [0.25, 0.3) is 10.8 Å². The first kappa shape index (κ1) is 17.5. The first-order valence-electron chi connectivity index (χ1n) is 9.81. The largest absolute Gasteiger partial charge is 0.383 e. The van der Waals surface area contributed by atoms with Crippen molar-refractivity contribution in [2.75, 3.05) is 16.4 Å². The van der Waals surface area contributed by atoms with Crippen molar-refractivity contribution in [2.24, 2.45) is 0 Å². The monoisotopic (exact) mass is 385 g/mol. The van der Waals surface area contributed by atoms with E-state index in [-0.39, 0.29) is 6.04 Å². The van der Waals surface area contributed by atoms with Gasteiger partial charge in [-0.2, -0.15) is 5.10 Å². The van der Waals surface area contributed by atoms with Crippen molar-refractivity contribution in [2.45, 2.75) is 32.4 Å². The predicted octanol–water partition coefficient (Wildman–Crippen LogP) is 3.96. The van der Waals surface area contributed by atoms with Gasteiger partial charge in [0.2, 0.25) is 0 Å². The van der Waals surface area contributed by atoms with Crippen LogP contribution >= 0.6 is 0 Å². The Labute approximate surface area is 168 Å². The van der Waals surface area contributed by atoms with E-state index in [2.05, 4.69) is 49.9 Å². The minimum absolute atomic E-state index is 0.223. The molecule has 0 spiro atoms. The summed E-state index contributed by atoms with van der Waals surface area (Å²) in [6.07, 6.45) is 5.75. The molecule has 5 N–H and O–H groups in total. The molecule has 0 saturated carbocycles. The van der Waals surface area contributed by atoms with Crippen LogP contribution in [0.4, 0.5) is 17.3 Å². The molecule has 0 radical (unpaired) electrons. The molecule has 1 aliphatic rings. The fraction of sp³-hybridized carbons (Fsp3) is 0.227. The van der Waals surface area contributed by atoms with E-state index in [0.29, 0.717) is 12.4 Å². The van der Waals surface area contributed by atoms with Crippen LogP contribution in [0.2, 0.25) is 0 Å². The summed E-state index contributed by atoms with van der Waals surface area (Å²) in [6, 6.07) is 12.3. The number of hydrogen-bond donors (Lipinski definition) is 4. The normalized spacial score (nSPS) is 15.4.